The van der Waals surface area contributed by atoms with E-state index in [1.807, 2.05) is 36.1 Å². The third-order valence-electron chi connectivity index (χ3n) is 4.23. The molecule has 0 unspecified atom stereocenters. The average molecular weight is 345 g/mol. The van der Waals surface area contributed by atoms with Crippen LogP contribution in [0.15, 0.2) is 24.3 Å². The molecule has 4 nitrogen and oxygen atoms in total. The number of amides is 1. The molecule has 0 N–H and O–H groups in total. The van der Waals surface area contributed by atoms with E-state index < -0.39 is 0 Å². The van der Waals surface area contributed by atoms with E-state index >= 15 is 0 Å². The molecule has 0 aliphatic carbocycles. The Kier molecular flexibility index (Phi) is 5.09. The van der Waals surface area contributed by atoms with E-state index in [1.165, 1.54) is 10.4 Å². The molecule has 1 aliphatic rings. The van der Waals surface area contributed by atoms with Crippen molar-refractivity contribution in [3.63, 3.8) is 0 Å². The molecule has 1 aliphatic heterocycles. The number of hydrogen-bond acceptors (Lipinski definition) is 4. The predicted molar refractivity (Wildman–Crippen MR) is 96.3 cm³/mol. The fourth-order valence-electron chi connectivity index (χ4n) is 2.92. The van der Waals surface area contributed by atoms with E-state index in [0.717, 1.165) is 28.4 Å². The minimum atomic E-state index is 0.0830. The molecule has 24 heavy (non-hydrogen) atoms. The van der Waals surface area contributed by atoms with Crippen LogP contribution in [0.3, 0.4) is 0 Å². The van der Waals surface area contributed by atoms with E-state index in [4.69, 9.17) is 9.47 Å². The molecule has 1 amide bonds. The summed E-state index contributed by atoms with van der Waals surface area (Å²) in [6, 6.07) is 7.87. The summed E-state index contributed by atoms with van der Waals surface area (Å²) < 4.78 is 11.4. The maximum Gasteiger partial charge on any atom is 0.264 e. The second-order valence-corrected chi connectivity index (χ2v) is 6.97. The Morgan fingerprint density at radius 1 is 1.25 bits per heavy atom. The van der Waals surface area contributed by atoms with Crippen molar-refractivity contribution < 1.29 is 14.3 Å². The van der Waals surface area contributed by atoms with Gasteiger partial charge < -0.3 is 14.4 Å². The van der Waals surface area contributed by atoms with Gasteiger partial charge >= 0.3 is 0 Å². The maximum absolute atomic E-state index is 12.9. The van der Waals surface area contributed by atoms with Gasteiger partial charge in [-0.2, -0.15) is 0 Å². The molecule has 2 heterocycles. The molecule has 1 aromatic heterocycles. The second-order valence-electron chi connectivity index (χ2n) is 5.83. The first-order chi connectivity index (χ1) is 11.6. The highest BCUT2D eigenvalue weighted by Gasteiger charge is 2.22. The van der Waals surface area contributed by atoms with Gasteiger partial charge in [-0.05, 0) is 38.0 Å². The molecule has 2 aromatic rings. The van der Waals surface area contributed by atoms with Crippen LogP contribution >= 0.6 is 11.3 Å². The minimum absolute atomic E-state index is 0.0830. The highest BCUT2D eigenvalue weighted by Crippen LogP contribution is 2.34. The van der Waals surface area contributed by atoms with Crippen LogP contribution in [0, 0.1) is 6.92 Å². The lowest BCUT2D eigenvalue weighted by atomic mass is 10.1. The number of fused-ring (bicyclic) bond motifs is 1. The SMILES string of the molecule is CCc1sc(C(=O)N(CC)Cc2cccc3c2OCCO3)cc1C. The maximum atomic E-state index is 12.9. The van der Waals surface area contributed by atoms with Gasteiger partial charge in [-0.15, -0.1) is 11.3 Å². The molecule has 128 valence electrons. The smallest absolute Gasteiger partial charge is 0.264 e. The second kappa shape index (κ2) is 7.26. The summed E-state index contributed by atoms with van der Waals surface area (Å²) in [5.74, 6) is 1.62. The largest absolute Gasteiger partial charge is 0.486 e. The zero-order chi connectivity index (χ0) is 17.1. The van der Waals surface area contributed by atoms with Crippen molar-refractivity contribution in [2.45, 2.75) is 33.7 Å². The monoisotopic (exact) mass is 345 g/mol. The van der Waals surface area contributed by atoms with E-state index in [-0.39, 0.29) is 5.91 Å². The molecule has 0 spiro atoms. The Morgan fingerprint density at radius 3 is 2.75 bits per heavy atom. The molecular weight excluding hydrogens is 322 g/mol. The summed E-state index contributed by atoms with van der Waals surface area (Å²) in [4.78, 5) is 16.8. The lowest BCUT2D eigenvalue weighted by Gasteiger charge is -2.25. The summed E-state index contributed by atoms with van der Waals surface area (Å²) in [6.45, 7) is 8.50. The van der Waals surface area contributed by atoms with Crippen LogP contribution in [0.2, 0.25) is 0 Å². The quantitative estimate of drug-likeness (QED) is 0.820. The molecule has 0 saturated heterocycles. The number of carbonyl (C=O) groups is 1. The Labute approximate surface area is 147 Å². The number of nitrogens with zero attached hydrogens (tertiary/aromatic N) is 1. The molecule has 5 heteroatoms. The molecule has 1 aromatic carbocycles. The fourth-order valence-corrected chi connectivity index (χ4v) is 4.01. The summed E-state index contributed by atoms with van der Waals surface area (Å²) >= 11 is 1.60. The summed E-state index contributed by atoms with van der Waals surface area (Å²) in [5, 5.41) is 0. The summed E-state index contributed by atoms with van der Waals surface area (Å²) in [6.07, 6.45) is 0.966. The van der Waals surface area contributed by atoms with Gasteiger partial charge in [0.25, 0.3) is 5.91 Å². The van der Waals surface area contributed by atoms with Gasteiger partial charge in [-0.3, -0.25) is 4.79 Å². The number of rotatable bonds is 5. The predicted octanol–water partition coefficient (Wildman–Crippen LogP) is 4.05. The zero-order valence-corrected chi connectivity index (χ0v) is 15.2. The van der Waals surface area contributed by atoms with Crippen molar-refractivity contribution >= 4 is 17.2 Å². The first-order valence-corrected chi connectivity index (χ1v) is 9.21. The highest BCUT2D eigenvalue weighted by molar-refractivity contribution is 7.14. The van der Waals surface area contributed by atoms with E-state index in [1.54, 1.807) is 11.3 Å². The summed E-state index contributed by atoms with van der Waals surface area (Å²) in [7, 11) is 0. The Morgan fingerprint density at radius 2 is 2.04 bits per heavy atom. The molecule has 3 rings (SSSR count). The first kappa shape index (κ1) is 16.8. The number of aryl methyl sites for hydroxylation is 2. The van der Waals surface area contributed by atoms with Crippen molar-refractivity contribution in [1.29, 1.82) is 0 Å². The van der Waals surface area contributed by atoms with Gasteiger partial charge in [0.2, 0.25) is 0 Å². The Bertz CT molecular complexity index is 738. The van der Waals surface area contributed by atoms with Gasteiger partial charge in [0.05, 0.1) is 4.88 Å². The molecular formula is C19H23NO3S. The lowest BCUT2D eigenvalue weighted by Crippen LogP contribution is -2.30. The van der Waals surface area contributed by atoms with Crippen LogP contribution < -0.4 is 9.47 Å². The van der Waals surface area contributed by atoms with Crippen molar-refractivity contribution in [3.05, 3.63) is 45.1 Å². The average Bonchev–Trinajstić information content (AvgIpc) is 3.00. The molecule has 0 bridgehead atoms. The number of carbonyl (C=O) groups excluding carboxylic acids is 1. The van der Waals surface area contributed by atoms with E-state index in [0.29, 0.717) is 26.3 Å². The molecule has 0 fully saturated rings. The van der Waals surface area contributed by atoms with Gasteiger partial charge in [0.15, 0.2) is 11.5 Å². The molecule has 0 atom stereocenters. The van der Waals surface area contributed by atoms with Gasteiger partial charge in [-0.25, -0.2) is 0 Å². The van der Waals surface area contributed by atoms with Gasteiger partial charge in [-0.1, -0.05) is 19.1 Å². The summed E-state index contributed by atoms with van der Waals surface area (Å²) in [5.41, 5.74) is 2.20. The highest BCUT2D eigenvalue weighted by atomic mass is 32.1. The number of ether oxygens (including phenoxy) is 2. The van der Waals surface area contributed by atoms with Crippen LogP contribution in [-0.2, 0) is 13.0 Å². The van der Waals surface area contributed by atoms with Gasteiger partial charge in [0.1, 0.15) is 13.2 Å². The first-order valence-electron chi connectivity index (χ1n) is 8.40. The Hall–Kier alpha value is -2.01. The van der Waals surface area contributed by atoms with Crippen molar-refractivity contribution in [2.75, 3.05) is 19.8 Å². The van der Waals surface area contributed by atoms with Crippen molar-refractivity contribution in [2.24, 2.45) is 0 Å². The molecule has 0 radical (unpaired) electrons. The van der Waals surface area contributed by atoms with Crippen LogP contribution in [-0.4, -0.2) is 30.6 Å². The molecule has 0 saturated carbocycles. The topological polar surface area (TPSA) is 38.8 Å². The number of benzene rings is 1. The normalized spacial score (nSPS) is 13.0. The van der Waals surface area contributed by atoms with Gasteiger partial charge in [0, 0.05) is 23.5 Å². The lowest BCUT2D eigenvalue weighted by molar-refractivity contribution is 0.0754. The van der Waals surface area contributed by atoms with E-state index in [2.05, 4.69) is 13.8 Å². The zero-order valence-electron chi connectivity index (χ0n) is 14.4. The van der Waals surface area contributed by atoms with Crippen LogP contribution in [0.5, 0.6) is 11.5 Å². The third kappa shape index (κ3) is 3.26. The third-order valence-corrected chi connectivity index (χ3v) is 5.60. The van der Waals surface area contributed by atoms with Crippen molar-refractivity contribution in [3.8, 4) is 11.5 Å². The number of para-hydroxylation sites is 1. The fraction of sp³-hybridized carbons (Fsp3) is 0.421. The van der Waals surface area contributed by atoms with E-state index in [9.17, 15) is 4.79 Å². The standard InChI is InChI=1S/C19H23NO3S/c1-4-16-13(3)11-17(24-16)19(21)20(5-2)12-14-7-6-8-15-18(14)23-10-9-22-15/h6-8,11H,4-5,9-10,12H2,1-3H3. The number of hydrogen-bond donors (Lipinski definition) is 0. The Balaban J connectivity index is 1.83. The number of thiophene rings is 1. The minimum Gasteiger partial charge on any atom is -0.486 e. The van der Waals surface area contributed by atoms with Crippen LogP contribution in [0.25, 0.3) is 0 Å². The van der Waals surface area contributed by atoms with Crippen molar-refractivity contribution in [1.82, 2.24) is 4.90 Å². The van der Waals surface area contributed by atoms with Crippen LogP contribution in [0.4, 0.5) is 0 Å². The van der Waals surface area contributed by atoms with Crippen LogP contribution in [0.1, 0.15) is 39.5 Å².